The zero-order valence-electron chi connectivity index (χ0n) is 13.0. The highest BCUT2D eigenvalue weighted by molar-refractivity contribution is 9.10. The molecule has 0 aliphatic carbocycles. The molecule has 0 radical (unpaired) electrons. The maximum Gasteiger partial charge on any atom is 0.320 e. The van der Waals surface area contributed by atoms with Gasteiger partial charge in [-0.15, -0.1) is 0 Å². The van der Waals surface area contributed by atoms with E-state index in [2.05, 4.69) is 20.7 Å². The van der Waals surface area contributed by atoms with Crippen LogP contribution in [0.4, 0.5) is 0 Å². The standard InChI is InChI=1S/C14H23BrO6/c1-6-21-12(18)8(2)7-9(11(16)17)14(3,4)10(15)13(19)20-5/h8-10H,6-7H2,1-5H3,(H,16,17). The summed E-state index contributed by atoms with van der Waals surface area (Å²) < 4.78 is 9.54. The van der Waals surface area contributed by atoms with Gasteiger partial charge in [0.15, 0.2) is 0 Å². The number of esters is 2. The Balaban J connectivity index is 5.17. The van der Waals surface area contributed by atoms with Crippen molar-refractivity contribution >= 4 is 33.8 Å². The first kappa shape index (κ1) is 19.9. The maximum absolute atomic E-state index is 11.7. The van der Waals surface area contributed by atoms with Crippen LogP contribution < -0.4 is 0 Å². The minimum atomic E-state index is -1.07. The molecule has 0 saturated carbocycles. The lowest BCUT2D eigenvalue weighted by molar-refractivity contribution is -0.153. The Labute approximate surface area is 133 Å². The molecule has 0 fully saturated rings. The Morgan fingerprint density at radius 3 is 2.14 bits per heavy atom. The number of hydrogen-bond donors (Lipinski definition) is 1. The van der Waals surface area contributed by atoms with Gasteiger partial charge in [0.1, 0.15) is 4.83 Å². The minimum absolute atomic E-state index is 0.0836. The molecule has 1 N–H and O–H groups in total. The predicted molar refractivity (Wildman–Crippen MR) is 80.1 cm³/mol. The Morgan fingerprint density at radius 2 is 1.76 bits per heavy atom. The van der Waals surface area contributed by atoms with E-state index in [1.54, 1.807) is 27.7 Å². The van der Waals surface area contributed by atoms with Gasteiger partial charge in [0.2, 0.25) is 0 Å². The number of aliphatic carboxylic acids is 1. The number of carbonyl (C=O) groups excluding carboxylic acids is 2. The molecule has 0 aromatic rings. The highest BCUT2D eigenvalue weighted by Crippen LogP contribution is 2.39. The summed E-state index contributed by atoms with van der Waals surface area (Å²) in [5.74, 6) is -3.52. The van der Waals surface area contributed by atoms with E-state index in [-0.39, 0.29) is 13.0 Å². The molecule has 3 unspecified atom stereocenters. The fourth-order valence-corrected chi connectivity index (χ4v) is 2.55. The van der Waals surface area contributed by atoms with Gasteiger partial charge in [-0.25, -0.2) is 0 Å². The zero-order chi connectivity index (χ0) is 16.8. The highest BCUT2D eigenvalue weighted by atomic mass is 79.9. The van der Waals surface area contributed by atoms with Crippen LogP contribution in [0.3, 0.4) is 0 Å². The van der Waals surface area contributed by atoms with Crippen LogP contribution in [0.25, 0.3) is 0 Å². The smallest absolute Gasteiger partial charge is 0.320 e. The normalized spacial score (nSPS) is 15.7. The molecular formula is C14H23BrO6. The number of ether oxygens (including phenoxy) is 2. The van der Waals surface area contributed by atoms with E-state index in [1.165, 1.54) is 7.11 Å². The largest absolute Gasteiger partial charge is 0.481 e. The van der Waals surface area contributed by atoms with Gasteiger partial charge in [-0.05, 0) is 13.3 Å². The second kappa shape index (κ2) is 8.36. The second-order valence-electron chi connectivity index (χ2n) is 5.49. The van der Waals surface area contributed by atoms with Crippen LogP contribution in [-0.2, 0) is 23.9 Å². The van der Waals surface area contributed by atoms with Crippen LogP contribution in [0.15, 0.2) is 0 Å². The summed E-state index contributed by atoms with van der Waals surface area (Å²) in [4.78, 5) is 34.1. The Hall–Kier alpha value is -1.11. The fourth-order valence-electron chi connectivity index (χ4n) is 2.04. The van der Waals surface area contributed by atoms with Crippen LogP contribution in [0.2, 0.25) is 0 Å². The average Bonchev–Trinajstić information content (AvgIpc) is 2.42. The lowest BCUT2D eigenvalue weighted by Gasteiger charge is -2.35. The molecule has 0 rings (SSSR count). The van der Waals surface area contributed by atoms with Crippen molar-refractivity contribution in [3.63, 3.8) is 0 Å². The molecule has 0 aliphatic rings. The van der Waals surface area contributed by atoms with Crippen LogP contribution in [0, 0.1) is 17.3 Å². The summed E-state index contributed by atoms with van der Waals surface area (Å²) in [5, 5.41) is 9.45. The van der Waals surface area contributed by atoms with Gasteiger partial charge in [0.25, 0.3) is 0 Å². The number of halogens is 1. The fraction of sp³-hybridized carbons (Fsp3) is 0.786. The molecule has 3 atom stereocenters. The first-order chi connectivity index (χ1) is 9.59. The van der Waals surface area contributed by atoms with E-state index in [0.717, 1.165) is 0 Å². The van der Waals surface area contributed by atoms with Crippen LogP contribution in [-0.4, -0.2) is 41.6 Å². The third-order valence-corrected chi connectivity index (χ3v) is 5.09. The van der Waals surface area contributed by atoms with Gasteiger partial charge < -0.3 is 14.6 Å². The average molecular weight is 367 g/mol. The third-order valence-electron chi connectivity index (χ3n) is 3.54. The molecule has 0 aromatic carbocycles. The summed E-state index contributed by atoms with van der Waals surface area (Å²) in [5.41, 5.74) is -0.931. The molecule has 0 amide bonds. The van der Waals surface area contributed by atoms with Gasteiger partial charge in [0.05, 0.1) is 25.6 Å². The van der Waals surface area contributed by atoms with E-state index in [0.29, 0.717) is 0 Å². The van der Waals surface area contributed by atoms with Crippen molar-refractivity contribution in [2.45, 2.75) is 38.9 Å². The molecule has 0 aromatic heterocycles. The van der Waals surface area contributed by atoms with Crippen molar-refractivity contribution in [1.29, 1.82) is 0 Å². The first-order valence-corrected chi connectivity index (χ1v) is 7.62. The molecule has 0 heterocycles. The number of methoxy groups -OCH3 is 1. The molecule has 0 spiro atoms. The second-order valence-corrected chi connectivity index (χ2v) is 6.40. The number of alkyl halides is 1. The summed E-state index contributed by atoms with van der Waals surface area (Å²) in [7, 11) is 1.24. The lowest BCUT2D eigenvalue weighted by atomic mass is 9.72. The predicted octanol–water partition coefficient (Wildman–Crippen LogP) is 2.24. The molecule has 122 valence electrons. The van der Waals surface area contributed by atoms with Crippen LogP contribution in [0.1, 0.15) is 34.1 Å². The van der Waals surface area contributed by atoms with Gasteiger partial charge in [-0.1, -0.05) is 36.7 Å². The zero-order valence-corrected chi connectivity index (χ0v) is 14.6. The summed E-state index contributed by atoms with van der Waals surface area (Å²) >= 11 is 3.20. The van der Waals surface area contributed by atoms with Crippen molar-refractivity contribution in [3.05, 3.63) is 0 Å². The van der Waals surface area contributed by atoms with E-state index in [4.69, 9.17) is 4.74 Å². The third kappa shape index (κ3) is 5.30. The molecule has 0 aliphatic heterocycles. The van der Waals surface area contributed by atoms with Crippen molar-refractivity contribution in [2.24, 2.45) is 17.3 Å². The summed E-state index contributed by atoms with van der Waals surface area (Å²) in [6, 6.07) is 0. The molecule has 0 bridgehead atoms. The SMILES string of the molecule is CCOC(=O)C(C)CC(C(=O)O)C(C)(C)C(Br)C(=O)OC. The van der Waals surface area contributed by atoms with E-state index in [9.17, 15) is 19.5 Å². The number of carboxylic acid groups (broad SMARTS) is 1. The number of carboxylic acids is 1. The van der Waals surface area contributed by atoms with Gasteiger partial charge in [0, 0.05) is 5.41 Å². The Kier molecular flexibility index (Phi) is 7.92. The van der Waals surface area contributed by atoms with Gasteiger partial charge in [-0.2, -0.15) is 0 Å². The monoisotopic (exact) mass is 366 g/mol. The van der Waals surface area contributed by atoms with E-state index in [1.807, 2.05) is 0 Å². The molecule has 0 saturated heterocycles. The number of hydrogen-bond acceptors (Lipinski definition) is 5. The first-order valence-electron chi connectivity index (χ1n) is 6.70. The highest BCUT2D eigenvalue weighted by Gasteiger charge is 2.45. The van der Waals surface area contributed by atoms with Crippen molar-refractivity contribution in [1.82, 2.24) is 0 Å². The van der Waals surface area contributed by atoms with Crippen molar-refractivity contribution in [3.8, 4) is 0 Å². The number of carbonyl (C=O) groups is 3. The Bertz CT molecular complexity index is 393. The number of rotatable bonds is 8. The van der Waals surface area contributed by atoms with E-state index >= 15 is 0 Å². The summed E-state index contributed by atoms with van der Waals surface area (Å²) in [6.07, 6.45) is 0.0836. The quantitative estimate of drug-likeness (QED) is 0.523. The Morgan fingerprint density at radius 1 is 1.24 bits per heavy atom. The summed E-state index contributed by atoms with van der Waals surface area (Å²) in [6.45, 7) is 6.86. The minimum Gasteiger partial charge on any atom is -0.481 e. The van der Waals surface area contributed by atoms with Gasteiger partial charge in [-0.3, -0.25) is 14.4 Å². The van der Waals surface area contributed by atoms with Gasteiger partial charge >= 0.3 is 17.9 Å². The molecule has 21 heavy (non-hydrogen) atoms. The van der Waals surface area contributed by atoms with Crippen LogP contribution in [0.5, 0.6) is 0 Å². The molecule has 6 nitrogen and oxygen atoms in total. The lowest BCUT2D eigenvalue weighted by Crippen LogP contribution is -2.43. The molecule has 7 heteroatoms. The van der Waals surface area contributed by atoms with Crippen molar-refractivity contribution in [2.75, 3.05) is 13.7 Å². The topological polar surface area (TPSA) is 89.9 Å². The maximum atomic E-state index is 11.7. The molecular weight excluding hydrogens is 344 g/mol. The van der Waals surface area contributed by atoms with Crippen LogP contribution >= 0.6 is 15.9 Å². The van der Waals surface area contributed by atoms with E-state index < -0.39 is 40.0 Å². The van der Waals surface area contributed by atoms with Crippen molar-refractivity contribution < 1.29 is 29.0 Å².